The summed E-state index contributed by atoms with van der Waals surface area (Å²) < 4.78 is 1.51. The van der Waals surface area contributed by atoms with Crippen LogP contribution in [0.5, 0.6) is 0 Å². The Morgan fingerprint density at radius 2 is 1.94 bits per heavy atom. The van der Waals surface area contributed by atoms with Crippen LogP contribution in [0.2, 0.25) is 0 Å². The van der Waals surface area contributed by atoms with Gasteiger partial charge in [0.1, 0.15) is 0 Å². The van der Waals surface area contributed by atoms with Gasteiger partial charge in [0.2, 0.25) is 5.95 Å². The van der Waals surface area contributed by atoms with Gasteiger partial charge in [0.25, 0.3) is 5.56 Å². The molecule has 3 rings (SSSR count). The zero-order valence-corrected chi connectivity index (χ0v) is 17.3. The molecule has 0 unspecified atom stereocenters. The Kier molecular flexibility index (Phi) is 7.17. The van der Waals surface area contributed by atoms with Gasteiger partial charge in [0.05, 0.1) is 29.4 Å². The smallest absolute Gasteiger partial charge is 0.335 e. The van der Waals surface area contributed by atoms with Gasteiger partial charge in [-0.25, -0.2) is 9.78 Å². The number of unbranched alkanes of at least 4 members (excludes halogenated alkanes) is 2. The molecule has 0 saturated heterocycles. The molecule has 1 heterocycles. The lowest BCUT2D eigenvalue weighted by molar-refractivity contribution is 0.0696. The molecule has 0 spiro atoms. The third kappa shape index (κ3) is 5.58. The summed E-state index contributed by atoms with van der Waals surface area (Å²) in [5.41, 5.74) is 2.42. The number of carboxylic acids is 1. The molecule has 3 aromatic rings. The Labute approximate surface area is 180 Å². The van der Waals surface area contributed by atoms with E-state index in [1.165, 1.54) is 16.7 Å². The average molecular weight is 416 g/mol. The van der Waals surface area contributed by atoms with Gasteiger partial charge in [-0.1, -0.05) is 44.0 Å². The van der Waals surface area contributed by atoms with E-state index in [2.05, 4.69) is 23.3 Å². The van der Waals surface area contributed by atoms with Gasteiger partial charge in [-0.15, -0.1) is 0 Å². The molecule has 0 bridgehead atoms. The van der Waals surface area contributed by atoms with Crippen LogP contribution < -0.4 is 10.9 Å². The van der Waals surface area contributed by atoms with Crippen molar-refractivity contribution in [3.05, 3.63) is 81.6 Å². The molecule has 158 valence electrons. The van der Waals surface area contributed by atoms with Crippen LogP contribution in [0.15, 0.2) is 59.4 Å². The van der Waals surface area contributed by atoms with E-state index >= 15 is 0 Å². The number of hydrogen-bond acceptors (Lipinski definition) is 5. The van der Waals surface area contributed by atoms with Crippen molar-refractivity contribution in [3.63, 3.8) is 0 Å². The SMILES string of the molecule is CCCCCNc1nc(-c2ccc(C#N)cc2)cc(=O)n1Cc1cccc(C(=O)O)c1. The molecule has 7 heteroatoms. The number of hydrogen-bond donors (Lipinski definition) is 2. The Morgan fingerprint density at radius 1 is 1.16 bits per heavy atom. The molecule has 2 aromatic carbocycles. The molecule has 0 aliphatic heterocycles. The minimum absolute atomic E-state index is 0.171. The van der Waals surface area contributed by atoms with E-state index in [9.17, 15) is 14.7 Å². The van der Waals surface area contributed by atoms with Gasteiger partial charge in [0.15, 0.2) is 0 Å². The molecule has 0 radical (unpaired) electrons. The molecule has 31 heavy (non-hydrogen) atoms. The fraction of sp³-hybridized carbons (Fsp3) is 0.250. The Balaban J connectivity index is 1.98. The summed E-state index contributed by atoms with van der Waals surface area (Å²) in [6.45, 7) is 3.00. The Hall–Kier alpha value is -3.92. The van der Waals surface area contributed by atoms with Crippen molar-refractivity contribution in [2.75, 3.05) is 11.9 Å². The third-order valence-electron chi connectivity index (χ3n) is 4.90. The molecule has 0 amide bonds. The lowest BCUT2D eigenvalue weighted by Gasteiger charge is -2.15. The van der Waals surface area contributed by atoms with Crippen molar-refractivity contribution in [2.45, 2.75) is 32.7 Å². The maximum Gasteiger partial charge on any atom is 0.335 e. The van der Waals surface area contributed by atoms with Crippen molar-refractivity contribution in [3.8, 4) is 17.3 Å². The van der Waals surface area contributed by atoms with Crippen molar-refractivity contribution in [2.24, 2.45) is 0 Å². The molecular weight excluding hydrogens is 392 g/mol. The van der Waals surface area contributed by atoms with Crippen molar-refractivity contribution in [1.82, 2.24) is 9.55 Å². The topological polar surface area (TPSA) is 108 Å². The highest BCUT2D eigenvalue weighted by Gasteiger charge is 2.12. The fourth-order valence-electron chi connectivity index (χ4n) is 3.22. The number of aromatic nitrogens is 2. The number of aromatic carboxylic acids is 1. The van der Waals surface area contributed by atoms with Crippen molar-refractivity contribution >= 4 is 11.9 Å². The standard InChI is InChI=1S/C24H24N4O3/c1-2-3-4-12-26-24-27-21(19-10-8-17(15-25)9-11-19)14-22(29)28(24)16-18-6-5-7-20(13-18)23(30)31/h5-11,13-14H,2-4,12,16H2,1H3,(H,26,27)(H,30,31). The number of anilines is 1. The van der Waals surface area contributed by atoms with Gasteiger partial charge < -0.3 is 10.4 Å². The van der Waals surface area contributed by atoms with E-state index in [1.54, 1.807) is 42.5 Å². The highest BCUT2D eigenvalue weighted by atomic mass is 16.4. The van der Waals surface area contributed by atoms with E-state index in [4.69, 9.17) is 5.26 Å². The second kappa shape index (κ2) is 10.2. The van der Waals surface area contributed by atoms with Crippen LogP contribution in [0, 0.1) is 11.3 Å². The molecule has 7 nitrogen and oxygen atoms in total. The first kappa shape index (κ1) is 21.8. The molecule has 0 aliphatic rings. The first-order chi connectivity index (χ1) is 15.0. The minimum atomic E-state index is -1.01. The minimum Gasteiger partial charge on any atom is -0.478 e. The summed E-state index contributed by atoms with van der Waals surface area (Å²) in [6.07, 6.45) is 3.09. The number of benzene rings is 2. The largest absolute Gasteiger partial charge is 0.478 e. The molecule has 1 aromatic heterocycles. The Bertz CT molecular complexity index is 1160. The zero-order valence-electron chi connectivity index (χ0n) is 17.3. The molecule has 0 aliphatic carbocycles. The van der Waals surface area contributed by atoms with Gasteiger partial charge >= 0.3 is 5.97 Å². The van der Waals surface area contributed by atoms with Crippen molar-refractivity contribution < 1.29 is 9.90 Å². The van der Waals surface area contributed by atoms with E-state index < -0.39 is 5.97 Å². The van der Waals surface area contributed by atoms with E-state index in [0.717, 1.165) is 24.8 Å². The number of nitrogens with one attached hydrogen (secondary N) is 1. The zero-order chi connectivity index (χ0) is 22.2. The molecular formula is C24H24N4O3. The molecule has 2 N–H and O–H groups in total. The van der Waals surface area contributed by atoms with Crippen LogP contribution in [0.3, 0.4) is 0 Å². The van der Waals surface area contributed by atoms with E-state index in [0.29, 0.717) is 29.3 Å². The van der Waals surface area contributed by atoms with Gasteiger partial charge in [0, 0.05) is 18.2 Å². The third-order valence-corrected chi connectivity index (χ3v) is 4.90. The van der Waals surface area contributed by atoms with Crippen LogP contribution in [-0.4, -0.2) is 27.2 Å². The monoisotopic (exact) mass is 416 g/mol. The quantitative estimate of drug-likeness (QED) is 0.508. The highest BCUT2D eigenvalue weighted by Crippen LogP contribution is 2.19. The molecule has 0 atom stereocenters. The maximum atomic E-state index is 13.0. The summed E-state index contributed by atoms with van der Waals surface area (Å²) in [5.74, 6) is -0.579. The maximum absolute atomic E-state index is 13.0. The van der Waals surface area contributed by atoms with Gasteiger partial charge in [-0.3, -0.25) is 9.36 Å². The van der Waals surface area contributed by atoms with Crippen LogP contribution in [0.4, 0.5) is 5.95 Å². The summed E-state index contributed by atoms with van der Waals surface area (Å²) in [5, 5.41) is 21.5. The average Bonchev–Trinajstić information content (AvgIpc) is 2.78. The van der Waals surface area contributed by atoms with E-state index in [1.807, 2.05) is 0 Å². The van der Waals surface area contributed by atoms with E-state index in [-0.39, 0.29) is 17.7 Å². The van der Waals surface area contributed by atoms with Gasteiger partial charge in [-0.2, -0.15) is 5.26 Å². The summed E-state index contributed by atoms with van der Waals surface area (Å²) >= 11 is 0. The first-order valence-electron chi connectivity index (χ1n) is 10.2. The summed E-state index contributed by atoms with van der Waals surface area (Å²) in [4.78, 5) is 28.9. The fourth-order valence-corrected chi connectivity index (χ4v) is 3.22. The second-order valence-electron chi connectivity index (χ2n) is 7.22. The lowest BCUT2D eigenvalue weighted by Crippen LogP contribution is -2.25. The number of nitriles is 1. The van der Waals surface area contributed by atoms with Gasteiger partial charge in [-0.05, 0) is 36.2 Å². The first-order valence-corrected chi connectivity index (χ1v) is 10.2. The van der Waals surface area contributed by atoms with Crippen LogP contribution in [0.1, 0.15) is 47.7 Å². The number of nitrogens with zero attached hydrogens (tertiary/aromatic N) is 3. The number of carbonyl (C=O) groups is 1. The summed E-state index contributed by atoms with van der Waals surface area (Å²) in [7, 11) is 0. The normalized spacial score (nSPS) is 10.5. The number of rotatable bonds is 9. The Morgan fingerprint density at radius 3 is 2.61 bits per heavy atom. The van der Waals surface area contributed by atoms with Crippen LogP contribution in [0.25, 0.3) is 11.3 Å². The predicted octanol–water partition coefficient (Wildman–Crippen LogP) is 4.13. The highest BCUT2D eigenvalue weighted by molar-refractivity contribution is 5.87. The summed E-state index contributed by atoms with van der Waals surface area (Å²) in [6, 6.07) is 17.0. The molecule has 0 fully saturated rings. The van der Waals surface area contributed by atoms with Crippen LogP contribution in [-0.2, 0) is 6.54 Å². The molecule has 0 saturated carbocycles. The van der Waals surface area contributed by atoms with Crippen molar-refractivity contribution in [1.29, 1.82) is 5.26 Å². The van der Waals surface area contributed by atoms with Crippen LogP contribution >= 0.6 is 0 Å². The number of carboxylic acid groups (broad SMARTS) is 1. The lowest BCUT2D eigenvalue weighted by atomic mass is 10.1. The predicted molar refractivity (Wildman–Crippen MR) is 119 cm³/mol. The second-order valence-corrected chi connectivity index (χ2v) is 7.22.